The van der Waals surface area contributed by atoms with Crippen LogP contribution in [0.4, 0.5) is 8.78 Å². The minimum atomic E-state index is -1.00. The Morgan fingerprint density at radius 2 is 2.03 bits per heavy atom. The van der Waals surface area contributed by atoms with Crippen molar-refractivity contribution in [2.75, 3.05) is 51.4 Å². The van der Waals surface area contributed by atoms with Crippen LogP contribution in [0.5, 0.6) is 5.75 Å². The first-order chi connectivity index (χ1) is 16.8. The summed E-state index contributed by atoms with van der Waals surface area (Å²) in [6, 6.07) is 2.94. The summed E-state index contributed by atoms with van der Waals surface area (Å²) in [7, 11) is 1.62. The minimum absolute atomic E-state index is 0.0306. The number of aromatic nitrogens is 1. The number of hydrogen-bond acceptors (Lipinski definition) is 7. The van der Waals surface area contributed by atoms with Gasteiger partial charge in [-0.3, -0.25) is 29.0 Å². The average Bonchev–Trinajstić information content (AvgIpc) is 2.83. The van der Waals surface area contributed by atoms with Crippen LogP contribution < -0.4 is 15.8 Å². The topological polar surface area (TPSA) is 107 Å². The van der Waals surface area contributed by atoms with Crippen LogP contribution >= 0.6 is 0 Å². The number of nitrogens with zero attached hydrogens (tertiary/aromatic N) is 4. The molecule has 1 atom stereocenters. The Labute approximate surface area is 200 Å². The van der Waals surface area contributed by atoms with Gasteiger partial charge in [-0.05, 0) is 13.0 Å². The summed E-state index contributed by atoms with van der Waals surface area (Å²) in [4.78, 5) is 42.6. The molecule has 35 heavy (non-hydrogen) atoms. The second-order valence-corrected chi connectivity index (χ2v) is 8.36. The molecule has 0 unspecified atom stereocenters. The van der Waals surface area contributed by atoms with Crippen molar-refractivity contribution in [1.29, 1.82) is 0 Å². The first kappa shape index (κ1) is 24.6. The highest BCUT2D eigenvalue weighted by Crippen LogP contribution is 2.26. The number of aromatic hydroxyl groups is 1. The van der Waals surface area contributed by atoms with Gasteiger partial charge in [0, 0.05) is 64.2 Å². The summed E-state index contributed by atoms with van der Waals surface area (Å²) in [6.07, 6.45) is 0.855. The fourth-order valence-electron chi connectivity index (χ4n) is 4.46. The number of nitrogens with one attached hydrogen (secondary N) is 1. The molecule has 3 heterocycles. The van der Waals surface area contributed by atoms with Gasteiger partial charge < -0.3 is 20.1 Å². The van der Waals surface area contributed by atoms with E-state index in [-0.39, 0.29) is 24.0 Å². The van der Waals surface area contributed by atoms with Gasteiger partial charge in [-0.2, -0.15) is 0 Å². The summed E-state index contributed by atoms with van der Waals surface area (Å²) in [5, 5.41) is 14.9. The molecule has 1 aromatic carbocycles. The molecule has 2 amide bonds. The Hall–Kier alpha value is -3.51. The quantitative estimate of drug-likeness (QED) is 0.580. The first-order valence-corrected chi connectivity index (χ1v) is 11.3. The molecular formula is C23H27F2N5O5. The smallest absolute Gasteiger partial charge is 0.278 e. The predicted octanol–water partition coefficient (Wildman–Crippen LogP) is 0.464. The van der Waals surface area contributed by atoms with Gasteiger partial charge in [-0.25, -0.2) is 8.78 Å². The van der Waals surface area contributed by atoms with Crippen molar-refractivity contribution in [3.63, 3.8) is 0 Å². The summed E-state index contributed by atoms with van der Waals surface area (Å²) in [5.41, 5.74) is -1.58. The van der Waals surface area contributed by atoms with E-state index in [0.29, 0.717) is 45.4 Å². The lowest BCUT2D eigenvalue weighted by Gasteiger charge is -2.51. The molecule has 2 N–H and O–H groups in total. The van der Waals surface area contributed by atoms with Crippen molar-refractivity contribution in [1.82, 2.24) is 19.8 Å². The van der Waals surface area contributed by atoms with E-state index in [1.807, 2.05) is 11.9 Å². The Morgan fingerprint density at radius 1 is 1.26 bits per heavy atom. The predicted molar refractivity (Wildman–Crippen MR) is 122 cm³/mol. The van der Waals surface area contributed by atoms with Gasteiger partial charge in [-0.15, -0.1) is 0 Å². The number of rotatable bonds is 7. The highest BCUT2D eigenvalue weighted by atomic mass is 19.1. The maximum Gasteiger partial charge on any atom is 0.278 e. The molecule has 0 bridgehead atoms. The van der Waals surface area contributed by atoms with Crippen LogP contribution in [0, 0.1) is 11.6 Å². The minimum Gasteiger partial charge on any atom is -0.502 e. The Kier molecular flexibility index (Phi) is 7.03. The van der Waals surface area contributed by atoms with E-state index in [2.05, 4.69) is 10.2 Å². The first-order valence-electron chi connectivity index (χ1n) is 11.3. The largest absolute Gasteiger partial charge is 0.502 e. The van der Waals surface area contributed by atoms with E-state index in [0.717, 1.165) is 6.07 Å². The SMILES string of the molecule is CCN1C(=O)c2c(O)c(=O)c(C(=O)NCc3ccc(F)cc3F)cn2N2CCN(CCOC)C[C@@H]12. The molecule has 188 valence electrons. The summed E-state index contributed by atoms with van der Waals surface area (Å²) in [6.45, 7) is 4.72. The molecule has 0 aliphatic carbocycles. The molecule has 2 aliphatic heterocycles. The third-order valence-corrected chi connectivity index (χ3v) is 6.33. The number of hydrogen-bond donors (Lipinski definition) is 2. The fraction of sp³-hybridized carbons (Fsp3) is 0.435. The van der Waals surface area contributed by atoms with Crippen molar-refractivity contribution in [3.05, 3.63) is 63.1 Å². The summed E-state index contributed by atoms with van der Waals surface area (Å²) >= 11 is 0. The molecule has 10 nitrogen and oxygen atoms in total. The van der Waals surface area contributed by atoms with Gasteiger partial charge in [0.15, 0.2) is 11.4 Å². The molecule has 2 aliphatic rings. The lowest BCUT2D eigenvalue weighted by Crippen LogP contribution is -2.69. The number of amides is 2. The van der Waals surface area contributed by atoms with Crippen LogP contribution in [-0.4, -0.2) is 84.0 Å². The molecule has 1 saturated heterocycles. The van der Waals surface area contributed by atoms with Crippen LogP contribution in [0.1, 0.15) is 33.3 Å². The standard InChI is InChI=1S/C23H27F2N5O5/c1-3-28-18-13-27(8-9-35-2)6-7-29(18)30-12-16(20(31)21(32)19(30)23(28)34)22(33)26-11-14-4-5-15(24)10-17(14)25/h4-5,10,12,18,32H,3,6-9,11,13H2,1-2H3,(H,26,33)/t18-/m0/s1. The molecule has 0 saturated carbocycles. The number of pyridine rings is 1. The second-order valence-electron chi connectivity index (χ2n) is 8.36. The highest BCUT2D eigenvalue weighted by molar-refractivity contribution is 5.99. The van der Waals surface area contributed by atoms with Crippen molar-refractivity contribution >= 4 is 11.8 Å². The Balaban J connectivity index is 1.65. The number of piperazine rings is 1. The van der Waals surface area contributed by atoms with Crippen LogP contribution in [0.3, 0.4) is 0 Å². The van der Waals surface area contributed by atoms with Gasteiger partial charge >= 0.3 is 0 Å². The normalized spacial score (nSPS) is 17.8. The molecule has 1 aromatic heterocycles. The number of ether oxygens (including phenoxy) is 1. The number of halogens is 2. The van der Waals surface area contributed by atoms with Gasteiger partial charge in [0.05, 0.1) is 6.61 Å². The zero-order valence-corrected chi connectivity index (χ0v) is 19.5. The molecule has 4 rings (SSSR count). The van der Waals surface area contributed by atoms with Crippen molar-refractivity contribution < 1.29 is 28.2 Å². The number of likely N-dealkylation sites (N-methyl/N-ethyl adjacent to an activating group) is 1. The van der Waals surface area contributed by atoms with Crippen molar-refractivity contribution in [3.8, 4) is 5.75 Å². The molecular weight excluding hydrogens is 464 g/mol. The molecule has 1 fully saturated rings. The van der Waals surface area contributed by atoms with E-state index in [9.17, 15) is 28.3 Å². The number of benzene rings is 1. The third-order valence-electron chi connectivity index (χ3n) is 6.33. The van der Waals surface area contributed by atoms with Crippen LogP contribution in [0.25, 0.3) is 0 Å². The lowest BCUT2D eigenvalue weighted by atomic mass is 10.1. The van der Waals surface area contributed by atoms with Gasteiger partial charge in [-0.1, -0.05) is 6.07 Å². The van der Waals surface area contributed by atoms with E-state index in [4.69, 9.17) is 4.74 Å². The molecule has 0 spiro atoms. The average molecular weight is 491 g/mol. The highest BCUT2D eigenvalue weighted by Gasteiger charge is 2.42. The lowest BCUT2D eigenvalue weighted by molar-refractivity contribution is 0.0382. The number of carbonyl (C=O) groups excluding carboxylic acids is 2. The fourth-order valence-corrected chi connectivity index (χ4v) is 4.46. The third kappa shape index (κ3) is 4.58. The maximum atomic E-state index is 13.9. The summed E-state index contributed by atoms with van der Waals surface area (Å²) in [5.74, 6) is -3.79. The number of fused-ring (bicyclic) bond motifs is 3. The number of methoxy groups -OCH3 is 1. The van der Waals surface area contributed by atoms with E-state index in [1.54, 1.807) is 12.0 Å². The van der Waals surface area contributed by atoms with Crippen molar-refractivity contribution in [2.45, 2.75) is 19.6 Å². The maximum absolute atomic E-state index is 13.9. The van der Waals surface area contributed by atoms with E-state index >= 15 is 0 Å². The Morgan fingerprint density at radius 3 is 2.71 bits per heavy atom. The van der Waals surface area contributed by atoms with Gasteiger partial charge in [0.1, 0.15) is 23.4 Å². The van der Waals surface area contributed by atoms with Gasteiger partial charge in [0.25, 0.3) is 11.8 Å². The van der Waals surface area contributed by atoms with Crippen LogP contribution in [0.15, 0.2) is 29.2 Å². The van der Waals surface area contributed by atoms with Gasteiger partial charge in [0.2, 0.25) is 5.43 Å². The zero-order valence-electron chi connectivity index (χ0n) is 19.5. The molecule has 0 radical (unpaired) electrons. The monoisotopic (exact) mass is 491 g/mol. The number of carbonyl (C=O) groups is 2. The second kappa shape index (κ2) is 10.0. The summed E-state index contributed by atoms with van der Waals surface area (Å²) < 4.78 is 33.6. The molecule has 2 aromatic rings. The van der Waals surface area contributed by atoms with Crippen LogP contribution in [-0.2, 0) is 11.3 Å². The van der Waals surface area contributed by atoms with Crippen molar-refractivity contribution in [2.24, 2.45) is 0 Å². The van der Waals surface area contributed by atoms with Crippen LogP contribution in [0.2, 0.25) is 0 Å². The zero-order chi connectivity index (χ0) is 25.3. The molecule has 12 heteroatoms. The van der Waals surface area contributed by atoms with E-state index < -0.39 is 40.2 Å². The van der Waals surface area contributed by atoms with E-state index in [1.165, 1.54) is 16.9 Å². The Bertz CT molecular complexity index is 1200.